The third kappa shape index (κ3) is 4.34. The van der Waals surface area contributed by atoms with Crippen molar-refractivity contribution in [2.24, 2.45) is 11.8 Å². The quantitative estimate of drug-likeness (QED) is 0.812. The summed E-state index contributed by atoms with van der Waals surface area (Å²) in [5, 5.41) is 0.369. The predicted molar refractivity (Wildman–Crippen MR) is 86.8 cm³/mol. The van der Waals surface area contributed by atoms with E-state index in [0.29, 0.717) is 17.5 Å². The first-order chi connectivity index (χ1) is 9.92. The zero-order valence-electron chi connectivity index (χ0n) is 12.3. The Kier molecular flexibility index (Phi) is 5.52. The first-order valence-corrected chi connectivity index (χ1v) is 9.33. The normalized spacial score (nSPS) is 23.1. The van der Waals surface area contributed by atoms with Gasteiger partial charge in [0.25, 0.3) is 0 Å². The van der Waals surface area contributed by atoms with Crippen LogP contribution in [-0.4, -0.2) is 15.0 Å². The molecule has 1 aliphatic carbocycles. The number of sulfonamides is 1. The van der Waals surface area contributed by atoms with E-state index in [9.17, 15) is 8.42 Å². The Labute approximate surface area is 132 Å². The van der Waals surface area contributed by atoms with Crippen LogP contribution in [0, 0.1) is 11.8 Å². The van der Waals surface area contributed by atoms with Gasteiger partial charge in [-0.25, -0.2) is 13.1 Å². The van der Waals surface area contributed by atoms with E-state index in [4.69, 9.17) is 17.3 Å². The summed E-state index contributed by atoms with van der Waals surface area (Å²) in [5.41, 5.74) is 5.97. The summed E-state index contributed by atoms with van der Waals surface area (Å²) in [6, 6.07) is 4.50. The molecule has 0 radical (unpaired) electrons. The predicted octanol–water partition coefficient (Wildman–Crippen LogP) is 3.42. The number of rotatable bonds is 5. The van der Waals surface area contributed by atoms with Crippen molar-refractivity contribution in [1.29, 1.82) is 0 Å². The van der Waals surface area contributed by atoms with E-state index in [2.05, 4.69) is 11.6 Å². The Morgan fingerprint density at radius 1 is 1.24 bits per heavy atom. The Bertz CT molecular complexity index is 581. The molecular weight excluding hydrogens is 308 g/mol. The van der Waals surface area contributed by atoms with Crippen molar-refractivity contribution in [2.45, 2.75) is 43.9 Å². The van der Waals surface area contributed by atoms with Crippen LogP contribution in [0.25, 0.3) is 0 Å². The lowest BCUT2D eigenvalue weighted by molar-refractivity contribution is 0.270. The topological polar surface area (TPSA) is 72.2 Å². The molecule has 4 nitrogen and oxygen atoms in total. The number of benzene rings is 1. The molecule has 118 valence electrons. The standard InChI is InChI=1S/C15H23ClN2O2S/c1-2-11-3-5-12(6-4-11)10-18-21(19,20)15-9-13(16)7-8-14(15)17/h7-9,11-12,18H,2-6,10,17H2,1H3. The Morgan fingerprint density at radius 3 is 2.48 bits per heavy atom. The molecule has 0 spiro atoms. The van der Waals surface area contributed by atoms with Crippen LogP contribution in [0.5, 0.6) is 0 Å². The Hall–Kier alpha value is -0.780. The summed E-state index contributed by atoms with van der Waals surface area (Å²) < 4.78 is 27.3. The molecule has 1 aromatic rings. The van der Waals surface area contributed by atoms with Gasteiger partial charge in [0, 0.05) is 11.6 Å². The summed E-state index contributed by atoms with van der Waals surface area (Å²) in [7, 11) is -3.59. The summed E-state index contributed by atoms with van der Waals surface area (Å²) in [4.78, 5) is 0.0669. The van der Waals surface area contributed by atoms with Crippen molar-refractivity contribution in [2.75, 3.05) is 12.3 Å². The van der Waals surface area contributed by atoms with Gasteiger partial charge in [0.15, 0.2) is 0 Å². The largest absolute Gasteiger partial charge is 0.398 e. The molecule has 1 saturated carbocycles. The average Bonchev–Trinajstić information content (AvgIpc) is 2.48. The maximum absolute atomic E-state index is 12.3. The van der Waals surface area contributed by atoms with Crippen LogP contribution in [0.1, 0.15) is 39.0 Å². The van der Waals surface area contributed by atoms with Crippen molar-refractivity contribution in [3.05, 3.63) is 23.2 Å². The molecule has 3 N–H and O–H groups in total. The van der Waals surface area contributed by atoms with Crippen molar-refractivity contribution in [3.8, 4) is 0 Å². The highest BCUT2D eigenvalue weighted by molar-refractivity contribution is 7.89. The first kappa shape index (κ1) is 16.6. The summed E-state index contributed by atoms with van der Waals surface area (Å²) in [6.45, 7) is 2.69. The highest BCUT2D eigenvalue weighted by Crippen LogP contribution is 2.30. The van der Waals surface area contributed by atoms with Crippen molar-refractivity contribution < 1.29 is 8.42 Å². The minimum absolute atomic E-state index is 0.0669. The molecule has 1 aromatic carbocycles. The molecule has 0 atom stereocenters. The summed E-state index contributed by atoms with van der Waals surface area (Å²) >= 11 is 5.86. The van der Waals surface area contributed by atoms with Crippen LogP contribution in [0.15, 0.2) is 23.1 Å². The molecule has 0 aromatic heterocycles. The van der Waals surface area contributed by atoms with E-state index in [1.807, 2.05) is 0 Å². The fraction of sp³-hybridized carbons (Fsp3) is 0.600. The summed E-state index contributed by atoms with van der Waals surface area (Å²) in [5.74, 6) is 1.23. The number of hydrogen-bond donors (Lipinski definition) is 2. The van der Waals surface area contributed by atoms with Crippen molar-refractivity contribution >= 4 is 27.3 Å². The fourth-order valence-electron chi connectivity index (χ4n) is 2.89. The van der Waals surface area contributed by atoms with Gasteiger partial charge in [-0.15, -0.1) is 0 Å². The van der Waals surface area contributed by atoms with Crippen LogP contribution in [-0.2, 0) is 10.0 Å². The number of hydrogen-bond acceptors (Lipinski definition) is 3. The van der Waals surface area contributed by atoms with E-state index in [1.165, 1.54) is 31.4 Å². The zero-order chi connectivity index (χ0) is 15.5. The number of nitrogens with one attached hydrogen (secondary N) is 1. The van der Waals surface area contributed by atoms with E-state index in [-0.39, 0.29) is 10.6 Å². The molecule has 0 aliphatic heterocycles. The number of nitrogen functional groups attached to an aromatic ring is 1. The van der Waals surface area contributed by atoms with E-state index in [0.717, 1.165) is 18.8 Å². The molecule has 21 heavy (non-hydrogen) atoms. The minimum atomic E-state index is -3.59. The van der Waals surface area contributed by atoms with Gasteiger partial charge in [-0.3, -0.25) is 0 Å². The molecule has 2 rings (SSSR count). The van der Waals surface area contributed by atoms with Gasteiger partial charge in [-0.2, -0.15) is 0 Å². The highest BCUT2D eigenvalue weighted by Gasteiger charge is 2.23. The molecule has 6 heteroatoms. The molecule has 0 bridgehead atoms. The molecule has 0 saturated heterocycles. The van der Waals surface area contributed by atoms with Gasteiger partial charge in [-0.1, -0.05) is 37.8 Å². The van der Waals surface area contributed by atoms with Crippen molar-refractivity contribution in [1.82, 2.24) is 4.72 Å². The van der Waals surface area contributed by atoms with Crippen molar-refractivity contribution in [3.63, 3.8) is 0 Å². The van der Waals surface area contributed by atoms with Crippen LogP contribution >= 0.6 is 11.6 Å². The van der Waals surface area contributed by atoms with Crippen LogP contribution in [0.4, 0.5) is 5.69 Å². The molecular formula is C15H23ClN2O2S. The lowest BCUT2D eigenvalue weighted by Crippen LogP contribution is -2.31. The third-order valence-corrected chi connectivity index (χ3v) is 6.09. The average molecular weight is 331 g/mol. The molecule has 1 fully saturated rings. The van der Waals surface area contributed by atoms with Gasteiger partial charge < -0.3 is 5.73 Å². The smallest absolute Gasteiger partial charge is 0.242 e. The lowest BCUT2D eigenvalue weighted by atomic mass is 9.81. The van der Waals surface area contributed by atoms with Gasteiger partial charge in [0.2, 0.25) is 10.0 Å². The SMILES string of the molecule is CCC1CCC(CNS(=O)(=O)c2cc(Cl)ccc2N)CC1. The monoisotopic (exact) mass is 330 g/mol. The van der Waals surface area contributed by atoms with Gasteiger partial charge in [0.1, 0.15) is 4.90 Å². The van der Waals surface area contributed by atoms with Gasteiger partial charge in [0.05, 0.1) is 5.69 Å². The molecule has 0 unspecified atom stereocenters. The van der Waals surface area contributed by atoms with Gasteiger partial charge in [-0.05, 0) is 42.9 Å². The Balaban J connectivity index is 1.97. The second-order valence-corrected chi connectivity index (χ2v) is 8.00. The summed E-state index contributed by atoms with van der Waals surface area (Å²) in [6.07, 6.45) is 5.79. The zero-order valence-corrected chi connectivity index (χ0v) is 13.9. The lowest BCUT2D eigenvalue weighted by Gasteiger charge is -2.27. The number of nitrogens with two attached hydrogens (primary N) is 1. The van der Waals surface area contributed by atoms with Gasteiger partial charge >= 0.3 is 0 Å². The molecule has 0 amide bonds. The second-order valence-electron chi connectivity index (χ2n) is 5.83. The van der Waals surface area contributed by atoms with E-state index < -0.39 is 10.0 Å². The molecule has 1 aliphatic rings. The number of halogens is 1. The first-order valence-electron chi connectivity index (χ1n) is 7.47. The second kappa shape index (κ2) is 6.99. The fourth-order valence-corrected chi connectivity index (χ4v) is 4.40. The van der Waals surface area contributed by atoms with Crippen LogP contribution in [0.2, 0.25) is 5.02 Å². The molecule has 0 heterocycles. The Morgan fingerprint density at radius 2 is 1.86 bits per heavy atom. The number of anilines is 1. The maximum atomic E-state index is 12.3. The minimum Gasteiger partial charge on any atom is -0.398 e. The highest BCUT2D eigenvalue weighted by atomic mass is 35.5. The third-order valence-electron chi connectivity index (χ3n) is 4.37. The van der Waals surface area contributed by atoms with E-state index in [1.54, 1.807) is 6.07 Å². The van der Waals surface area contributed by atoms with Crippen LogP contribution in [0.3, 0.4) is 0 Å². The maximum Gasteiger partial charge on any atom is 0.242 e. The van der Waals surface area contributed by atoms with E-state index >= 15 is 0 Å². The van der Waals surface area contributed by atoms with Crippen LogP contribution < -0.4 is 10.5 Å².